The monoisotopic (exact) mass is 334 g/mol. The van der Waals surface area contributed by atoms with Crippen LogP contribution < -0.4 is 10.6 Å². The highest BCUT2D eigenvalue weighted by atomic mass is 32.1. The molecule has 0 aliphatic heterocycles. The third kappa shape index (κ3) is 3.52. The summed E-state index contributed by atoms with van der Waals surface area (Å²) in [5.74, 6) is 2.08. The van der Waals surface area contributed by atoms with Gasteiger partial charge in [0.25, 0.3) is 0 Å². The van der Waals surface area contributed by atoms with E-state index < -0.39 is 0 Å². The van der Waals surface area contributed by atoms with Crippen molar-refractivity contribution in [2.75, 3.05) is 0 Å². The van der Waals surface area contributed by atoms with Gasteiger partial charge in [-0.15, -0.1) is 11.3 Å². The number of aryl methyl sites for hydroxylation is 1. The van der Waals surface area contributed by atoms with Crippen molar-refractivity contribution in [2.45, 2.75) is 46.2 Å². The van der Waals surface area contributed by atoms with Crippen LogP contribution in [-0.4, -0.2) is 5.11 Å². The van der Waals surface area contributed by atoms with Gasteiger partial charge < -0.3 is 15.1 Å². The molecule has 0 unspecified atom stereocenters. The summed E-state index contributed by atoms with van der Waals surface area (Å²) in [5, 5.41) is 9.56. The second-order valence-electron chi connectivity index (χ2n) is 6.74. The van der Waals surface area contributed by atoms with E-state index >= 15 is 0 Å². The Kier molecular flexibility index (Phi) is 4.28. The summed E-state index contributed by atoms with van der Waals surface area (Å²) in [5.41, 5.74) is 1.48. The molecule has 0 saturated heterocycles. The molecule has 1 atom stereocenters. The Balaban J connectivity index is 1.67. The smallest absolute Gasteiger partial charge is 0.167 e. The maximum absolute atomic E-state index is 5.87. The van der Waals surface area contributed by atoms with E-state index in [1.807, 2.05) is 6.92 Å². The molecule has 118 valence electrons. The summed E-state index contributed by atoms with van der Waals surface area (Å²) in [7, 11) is 0. The summed E-state index contributed by atoms with van der Waals surface area (Å²) in [6.45, 7) is 7.35. The molecule has 0 radical (unpaired) electrons. The Labute approximate surface area is 141 Å². The van der Waals surface area contributed by atoms with Crippen molar-refractivity contribution in [1.82, 2.24) is 10.6 Å². The van der Waals surface area contributed by atoms with E-state index in [-0.39, 0.29) is 11.5 Å². The molecule has 22 heavy (non-hydrogen) atoms. The van der Waals surface area contributed by atoms with Gasteiger partial charge in [0, 0.05) is 16.9 Å². The first kappa shape index (κ1) is 15.6. The Morgan fingerprint density at radius 1 is 1.50 bits per heavy atom. The molecule has 5 heteroatoms. The van der Waals surface area contributed by atoms with Gasteiger partial charge in [-0.3, -0.25) is 0 Å². The van der Waals surface area contributed by atoms with Gasteiger partial charge >= 0.3 is 0 Å². The normalized spacial score (nSPS) is 19.5. The van der Waals surface area contributed by atoms with Crippen LogP contribution in [0.25, 0.3) is 0 Å². The topological polar surface area (TPSA) is 37.2 Å². The molecular formula is C17H22N2OS2. The Morgan fingerprint density at radius 3 is 3.05 bits per heavy atom. The summed E-state index contributed by atoms with van der Waals surface area (Å²) >= 11 is 7.21. The number of rotatable bonds is 3. The fraction of sp³-hybridized carbons (Fsp3) is 0.471. The molecule has 0 aromatic carbocycles. The maximum Gasteiger partial charge on any atom is 0.167 e. The van der Waals surface area contributed by atoms with E-state index in [0.29, 0.717) is 5.11 Å². The number of thiocarbonyl (C=S) groups is 1. The maximum atomic E-state index is 5.87. The van der Waals surface area contributed by atoms with Crippen molar-refractivity contribution < 1.29 is 4.42 Å². The molecule has 0 spiro atoms. The lowest BCUT2D eigenvalue weighted by atomic mass is 9.75. The van der Waals surface area contributed by atoms with Crippen LogP contribution in [0.5, 0.6) is 0 Å². The lowest BCUT2D eigenvalue weighted by Gasteiger charge is -2.35. The molecule has 2 N–H and O–H groups in total. The zero-order valence-corrected chi connectivity index (χ0v) is 14.9. The van der Waals surface area contributed by atoms with E-state index in [4.69, 9.17) is 16.6 Å². The third-order valence-corrected chi connectivity index (χ3v) is 5.18. The average Bonchev–Trinajstić information content (AvgIpc) is 3.04. The lowest BCUT2D eigenvalue weighted by molar-refractivity contribution is 0.245. The number of thiophene rings is 1. The highest BCUT2D eigenvalue weighted by Gasteiger charge is 2.35. The predicted molar refractivity (Wildman–Crippen MR) is 95.2 cm³/mol. The van der Waals surface area contributed by atoms with Crippen molar-refractivity contribution in [3.63, 3.8) is 0 Å². The second kappa shape index (κ2) is 6.05. The van der Waals surface area contributed by atoms with Gasteiger partial charge in [-0.1, -0.05) is 19.9 Å². The van der Waals surface area contributed by atoms with Gasteiger partial charge in [-0.05, 0) is 48.5 Å². The summed E-state index contributed by atoms with van der Waals surface area (Å²) < 4.78 is 5.87. The second-order valence-corrected chi connectivity index (χ2v) is 8.18. The largest absolute Gasteiger partial charge is 0.466 e. The molecule has 0 fully saturated rings. The van der Waals surface area contributed by atoms with Crippen LogP contribution in [0.15, 0.2) is 28.0 Å². The number of furan rings is 1. The zero-order valence-electron chi connectivity index (χ0n) is 13.2. The number of hydrogen-bond donors (Lipinski definition) is 2. The lowest BCUT2D eigenvalue weighted by Crippen LogP contribution is -2.41. The van der Waals surface area contributed by atoms with Crippen LogP contribution in [0.1, 0.15) is 48.3 Å². The molecular weight excluding hydrogens is 312 g/mol. The van der Waals surface area contributed by atoms with Crippen LogP contribution in [0.3, 0.4) is 0 Å². The third-order valence-electron chi connectivity index (χ3n) is 4.04. The summed E-state index contributed by atoms with van der Waals surface area (Å²) in [4.78, 5) is 1.29. The Bertz CT molecular complexity index is 658. The van der Waals surface area contributed by atoms with Crippen molar-refractivity contribution in [3.8, 4) is 0 Å². The van der Waals surface area contributed by atoms with Gasteiger partial charge in [-0.25, -0.2) is 0 Å². The first-order valence-electron chi connectivity index (χ1n) is 7.59. The van der Waals surface area contributed by atoms with Crippen LogP contribution in [0, 0.1) is 12.3 Å². The summed E-state index contributed by atoms with van der Waals surface area (Å²) in [6, 6.07) is 6.54. The SMILES string of the molecule is Cc1cc2c(o1)CC(C)(C)C[C@@H]2NC(=S)NCc1cccs1. The Morgan fingerprint density at radius 2 is 2.32 bits per heavy atom. The van der Waals surface area contributed by atoms with Crippen LogP contribution in [-0.2, 0) is 13.0 Å². The molecule has 2 heterocycles. The van der Waals surface area contributed by atoms with Crippen molar-refractivity contribution >= 4 is 28.7 Å². The quantitative estimate of drug-likeness (QED) is 0.820. The molecule has 0 saturated carbocycles. The van der Waals surface area contributed by atoms with E-state index in [2.05, 4.69) is 48.1 Å². The van der Waals surface area contributed by atoms with Crippen molar-refractivity contribution in [1.29, 1.82) is 0 Å². The van der Waals surface area contributed by atoms with Gasteiger partial charge in [-0.2, -0.15) is 0 Å². The number of fused-ring (bicyclic) bond motifs is 1. The van der Waals surface area contributed by atoms with Gasteiger partial charge in [0.1, 0.15) is 11.5 Å². The predicted octanol–water partition coefficient (Wildman–Crippen LogP) is 4.33. The van der Waals surface area contributed by atoms with Crippen LogP contribution in [0.4, 0.5) is 0 Å². The number of nitrogens with one attached hydrogen (secondary N) is 2. The van der Waals surface area contributed by atoms with E-state index in [1.54, 1.807) is 11.3 Å². The molecule has 3 rings (SSSR count). The van der Waals surface area contributed by atoms with E-state index in [9.17, 15) is 0 Å². The molecule has 2 aromatic rings. The molecule has 0 bridgehead atoms. The fourth-order valence-electron chi connectivity index (χ4n) is 3.10. The summed E-state index contributed by atoms with van der Waals surface area (Å²) in [6.07, 6.45) is 2.05. The van der Waals surface area contributed by atoms with Crippen molar-refractivity contribution in [3.05, 3.63) is 45.5 Å². The minimum absolute atomic E-state index is 0.221. The molecule has 3 nitrogen and oxygen atoms in total. The van der Waals surface area contributed by atoms with E-state index in [0.717, 1.165) is 30.9 Å². The zero-order chi connectivity index (χ0) is 15.7. The molecule has 1 aliphatic carbocycles. The molecule has 2 aromatic heterocycles. The van der Waals surface area contributed by atoms with Gasteiger partial charge in [0.2, 0.25) is 0 Å². The van der Waals surface area contributed by atoms with Crippen molar-refractivity contribution in [2.24, 2.45) is 5.41 Å². The highest BCUT2D eigenvalue weighted by Crippen LogP contribution is 2.41. The first-order chi connectivity index (χ1) is 10.4. The Hall–Kier alpha value is -1.33. The molecule has 1 aliphatic rings. The minimum Gasteiger partial charge on any atom is -0.466 e. The average molecular weight is 335 g/mol. The number of hydrogen-bond acceptors (Lipinski definition) is 3. The van der Waals surface area contributed by atoms with Gasteiger partial charge in [0.15, 0.2) is 5.11 Å². The molecule has 0 amide bonds. The van der Waals surface area contributed by atoms with Gasteiger partial charge in [0.05, 0.1) is 12.6 Å². The van der Waals surface area contributed by atoms with E-state index in [1.165, 1.54) is 10.4 Å². The minimum atomic E-state index is 0.221. The van der Waals surface area contributed by atoms with Crippen LogP contribution >= 0.6 is 23.6 Å². The first-order valence-corrected chi connectivity index (χ1v) is 8.88. The standard InChI is InChI=1S/C17H22N2OS2/c1-11-7-13-14(8-17(2,3)9-15(13)20-11)19-16(21)18-10-12-5-4-6-22-12/h4-7,14H,8-10H2,1-3H3,(H2,18,19,21)/t14-/m0/s1. The van der Waals surface area contributed by atoms with Crippen LogP contribution in [0.2, 0.25) is 0 Å². The highest BCUT2D eigenvalue weighted by molar-refractivity contribution is 7.80. The fourth-order valence-corrected chi connectivity index (χ4v) is 3.96.